The lowest BCUT2D eigenvalue weighted by Gasteiger charge is -2.35. The number of nitriles is 1. The van der Waals surface area contributed by atoms with Crippen LogP contribution in [-0.2, 0) is 20.9 Å². The van der Waals surface area contributed by atoms with Crippen LogP contribution in [0.4, 0.5) is 19.0 Å². The van der Waals surface area contributed by atoms with Crippen LogP contribution in [0.25, 0.3) is 0 Å². The summed E-state index contributed by atoms with van der Waals surface area (Å²) in [7, 11) is -3.78. The number of ether oxygens (including phenoxy) is 1. The predicted molar refractivity (Wildman–Crippen MR) is 112 cm³/mol. The fourth-order valence-electron chi connectivity index (χ4n) is 3.47. The molecule has 1 fully saturated rings. The number of rotatable bonds is 5. The van der Waals surface area contributed by atoms with Gasteiger partial charge in [0.05, 0.1) is 22.6 Å². The van der Waals surface area contributed by atoms with Crippen molar-refractivity contribution < 1.29 is 31.1 Å². The summed E-state index contributed by atoms with van der Waals surface area (Å²) < 4.78 is 72.6. The second-order valence-electron chi connectivity index (χ2n) is 7.29. The first kappa shape index (κ1) is 24.5. The van der Waals surface area contributed by atoms with Gasteiger partial charge in [0.1, 0.15) is 11.9 Å². The van der Waals surface area contributed by atoms with Gasteiger partial charge in [-0.15, -0.1) is 0 Å². The smallest absolute Gasteiger partial charge is 0.434 e. The van der Waals surface area contributed by atoms with Crippen LogP contribution in [0.3, 0.4) is 0 Å². The Morgan fingerprint density at radius 2 is 1.88 bits per heavy atom. The van der Waals surface area contributed by atoms with Gasteiger partial charge >= 0.3 is 12.1 Å². The Labute approximate surface area is 189 Å². The molecule has 1 aromatic carbocycles. The highest BCUT2D eigenvalue weighted by atomic mass is 32.2. The molecule has 0 amide bonds. The molecule has 1 aliphatic heterocycles. The van der Waals surface area contributed by atoms with Crippen molar-refractivity contribution in [2.45, 2.75) is 24.9 Å². The van der Waals surface area contributed by atoms with E-state index in [0.717, 1.165) is 11.6 Å². The van der Waals surface area contributed by atoms with Crippen molar-refractivity contribution in [2.75, 3.05) is 37.7 Å². The molecule has 1 aliphatic rings. The zero-order valence-corrected chi connectivity index (χ0v) is 18.7. The number of hydrogen-bond acceptors (Lipinski definition) is 7. The Bertz CT molecular complexity index is 1200. The SMILES string of the molecule is CCOC(=O)c1cc(C#N)c(N2CCN(S(=O)(=O)c3cccc(C)c3)CC2)nc1C(F)(F)F. The molecule has 33 heavy (non-hydrogen) atoms. The molecule has 3 rings (SSSR count). The minimum absolute atomic E-state index is 0.0101. The van der Waals surface area contributed by atoms with Crippen LogP contribution in [0.15, 0.2) is 35.2 Å². The van der Waals surface area contributed by atoms with Crippen molar-refractivity contribution in [1.82, 2.24) is 9.29 Å². The highest BCUT2D eigenvalue weighted by Gasteiger charge is 2.40. The summed E-state index contributed by atoms with van der Waals surface area (Å²) in [6.07, 6.45) is -4.96. The van der Waals surface area contributed by atoms with E-state index in [0.29, 0.717) is 0 Å². The third-order valence-electron chi connectivity index (χ3n) is 5.05. The topological polar surface area (TPSA) is 104 Å². The van der Waals surface area contributed by atoms with E-state index in [1.165, 1.54) is 22.2 Å². The first-order chi connectivity index (χ1) is 15.5. The quantitative estimate of drug-likeness (QED) is 0.604. The third kappa shape index (κ3) is 5.09. The van der Waals surface area contributed by atoms with Gasteiger partial charge in [0, 0.05) is 26.2 Å². The van der Waals surface area contributed by atoms with E-state index in [4.69, 9.17) is 0 Å². The second kappa shape index (κ2) is 9.36. The molecule has 0 radical (unpaired) electrons. The highest BCUT2D eigenvalue weighted by molar-refractivity contribution is 7.89. The molecule has 176 valence electrons. The summed E-state index contributed by atoms with van der Waals surface area (Å²) >= 11 is 0. The van der Waals surface area contributed by atoms with Crippen LogP contribution in [0, 0.1) is 18.3 Å². The number of esters is 1. The predicted octanol–water partition coefficient (Wildman–Crippen LogP) is 2.97. The number of halogens is 3. The Morgan fingerprint density at radius 3 is 2.42 bits per heavy atom. The Kier molecular flexibility index (Phi) is 6.94. The fourth-order valence-corrected chi connectivity index (χ4v) is 5.00. The average Bonchev–Trinajstić information content (AvgIpc) is 2.77. The van der Waals surface area contributed by atoms with Gasteiger partial charge in [0.2, 0.25) is 10.0 Å². The zero-order valence-electron chi connectivity index (χ0n) is 17.9. The van der Waals surface area contributed by atoms with Gasteiger partial charge in [-0.1, -0.05) is 12.1 Å². The van der Waals surface area contributed by atoms with Crippen molar-refractivity contribution in [1.29, 1.82) is 5.26 Å². The van der Waals surface area contributed by atoms with Crippen molar-refractivity contribution in [3.05, 3.63) is 52.7 Å². The Balaban J connectivity index is 1.91. The van der Waals surface area contributed by atoms with Crippen LogP contribution in [-0.4, -0.2) is 56.5 Å². The van der Waals surface area contributed by atoms with Crippen LogP contribution < -0.4 is 4.90 Å². The molecule has 12 heteroatoms. The maximum absolute atomic E-state index is 13.6. The molecule has 8 nitrogen and oxygen atoms in total. The molecule has 0 atom stereocenters. The number of carbonyl (C=O) groups is 1. The van der Waals surface area contributed by atoms with E-state index in [-0.39, 0.29) is 49.1 Å². The van der Waals surface area contributed by atoms with Gasteiger partial charge < -0.3 is 9.64 Å². The van der Waals surface area contributed by atoms with Gasteiger partial charge in [-0.2, -0.15) is 22.7 Å². The first-order valence-electron chi connectivity index (χ1n) is 10.00. The molecule has 2 aromatic rings. The molecule has 0 saturated carbocycles. The molecule has 1 saturated heterocycles. The maximum Gasteiger partial charge on any atom is 0.434 e. The molecule has 2 heterocycles. The lowest BCUT2D eigenvalue weighted by molar-refractivity contribution is -0.141. The normalized spacial score (nSPS) is 15.2. The van der Waals surface area contributed by atoms with E-state index in [9.17, 15) is 31.6 Å². The zero-order chi connectivity index (χ0) is 24.4. The lowest BCUT2D eigenvalue weighted by Crippen LogP contribution is -2.49. The van der Waals surface area contributed by atoms with Crippen molar-refractivity contribution in [2.24, 2.45) is 0 Å². The maximum atomic E-state index is 13.6. The number of anilines is 1. The highest BCUT2D eigenvalue weighted by Crippen LogP contribution is 2.34. The standard InChI is InChI=1S/C21H21F3N4O4S/c1-3-32-20(29)17-12-15(13-25)19(26-18(17)21(22,23)24)27-7-9-28(10-8-27)33(30,31)16-6-4-5-14(2)11-16/h4-6,11-12H,3,7-10H2,1-2H3. The van der Waals surface area contributed by atoms with Crippen LogP contribution in [0.2, 0.25) is 0 Å². The summed E-state index contributed by atoms with van der Waals surface area (Å²) in [6.45, 7) is 3.09. The van der Waals surface area contributed by atoms with Gasteiger partial charge in [-0.05, 0) is 37.6 Å². The summed E-state index contributed by atoms with van der Waals surface area (Å²) in [4.78, 5) is 17.2. The Morgan fingerprint density at radius 1 is 1.21 bits per heavy atom. The molecule has 0 bridgehead atoms. The van der Waals surface area contributed by atoms with Crippen LogP contribution in [0.5, 0.6) is 0 Å². The number of sulfonamides is 1. The molecule has 0 unspecified atom stereocenters. The van der Waals surface area contributed by atoms with Gasteiger partial charge in [0.25, 0.3) is 0 Å². The number of nitrogens with zero attached hydrogens (tertiary/aromatic N) is 4. The van der Waals surface area contributed by atoms with Gasteiger partial charge in [-0.25, -0.2) is 18.2 Å². The molecule has 0 aliphatic carbocycles. The molecule has 0 N–H and O–H groups in total. The van der Waals surface area contributed by atoms with E-state index < -0.39 is 33.4 Å². The number of pyridine rings is 1. The monoisotopic (exact) mass is 482 g/mol. The van der Waals surface area contributed by atoms with Crippen LogP contribution in [0.1, 0.15) is 34.1 Å². The summed E-state index contributed by atoms with van der Waals surface area (Å²) in [6, 6.07) is 9.01. The van der Waals surface area contributed by atoms with E-state index in [2.05, 4.69) is 9.72 Å². The van der Waals surface area contributed by atoms with E-state index in [1.807, 2.05) is 0 Å². The number of aryl methyl sites for hydroxylation is 1. The number of carbonyl (C=O) groups excluding carboxylic acids is 1. The van der Waals surface area contributed by atoms with Gasteiger partial charge in [-0.3, -0.25) is 0 Å². The molecular weight excluding hydrogens is 461 g/mol. The number of piperazine rings is 1. The van der Waals surface area contributed by atoms with Crippen LogP contribution >= 0.6 is 0 Å². The minimum Gasteiger partial charge on any atom is -0.462 e. The minimum atomic E-state index is -4.96. The summed E-state index contributed by atoms with van der Waals surface area (Å²) in [5.41, 5.74) is -1.75. The summed E-state index contributed by atoms with van der Waals surface area (Å²) in [5.74, 6) is -1.49. The molecular formula is C21H21F3N4O4S. The largest absolute Gasteiger partial charge is 0.462 e. The van der Waals surface area contributed by atoms with Crippen molar-refractivity contribution in [3.63, 3.8) is 0 Å². The fraction of sp³-hybridized carbons (Fsp3) is 0.381. The van der Waals surface area contributed by atoms with Crippen molar-refractivity contribution in [3.8, 4) is 6.07 Å². The molecule has 1 aromatic heterocycles. The number of alkyl halides is 3. The Hall–Kier alpha value is -3.17. The van der Waals surface area contributed by atoms with Gasteiger partial charge in [0.15, 0.2) is 5.69 Å². The average molecular weight is 482 g/mol. The number of hydrogen-bond donors (Lipinski definition) is 0. The number of aromatic nitrogens is 1. The first-order valence-corrected chi connectivity index (χ1v) is 11.4. The van der Waals surface area contributed by atoms with Crippen molar-refractivity contribution >= 4 is 21.8 Å². The second-order valence-corrected chi connectivity index (χ2v) is 9.23. The lowest BCUT2D eigenvalue weighted by atomic mass is 10.1. The summed E-state index contributed by atoms with van der Waals surface area (Å²) in [5, 5.41) is 9.48. The van der Waals surface area contributed by atoms with E-state index >= 15 is 0 Å². The number of benzene rings is 1. The third-order valence-corrected chi connectivity index (χ3v) is 6.95. The van der Waals surface area contributed by atoms with E-state index in [1.54, 1.807) is 31.2 Å². The molecule has 0 spiro atoms.